The molecule has 18 heavy (non-hydrogen) atoms. The van der Waals surface area contributed by atoms with Gasteiger partial charge in [-0.1, -0.05) is 12.8 Å². The summed E-state index contributed by atoms with van der Waals surface area (Å²) in [6.45, 7) is 1.41. The third-order valence-corrected chi connectivity index (χ3v) is 3.09. The van der Waals surface area contributed by atoms with Gasteiger partial charge in [0.15, 0.2) is 5.82 Å². The third-order valence-electron chi connectivity index (χ3n) is 3.09. The van der Waals surface area contributed by atoms with E-state index in [9.17, 15) is 0 Å². The Morgan fingerprint density at radius 3 is 2.78 bits per heavy atom. The van der Waals surface area contributed by atoms with E-state index in [-0.39, 0.29) is 0 Å². The standard InChI is InChI=1S/C13H22N4O/c1-14-11-8-12(17-13(16-11)9-18-2)15-7-3-4-10-5-6-10/h8,10H,3-7,9H2,1-2H3,(H2,14,15,16,17). The fourth-order valence-corrected chi connectivity index (χ4v) is 1.92. The second-order valence-corrected chi connectivity index (χ2v) is 4.75. The summed E-state index contributed by atoms with van der Waals surface area (Å²) in [5.41, 5.74) is 0. The van der Waals surface area contributed by atoms with E-state index in [0.29, 0.717) is 12.4 Å². The summed E-state index contributed by atoms with van der Waals surface area (Å²) in [6, 6.07) is 1.93. The van der Waals surface area contributed by atoms with E-state index in [4.69, 9.17) is 4.74 Å². The number of methoxy groups -OCH3 is 1. The lowest BCUT2D eigenvalue weighted by Crippen LogP contribution is -2.08. The van der Waals surface area contributed by atoms with Gasteiger partial charge in [0.1, 0.15) is 18.2 Å². The minimum atomic E-state index is 0.437. The Kier molecular flexibility index (Phi) is 4.75. The van der Waals surface area contributed by atoms with Crippen LogP contribution in [0.1, 0.15) is 31.5 Å². The van der Waals surface area contributed by atoms with E-state index in [1.165, 1.54) is 25.7 Å². The van der Waals surface area contributed by atoms with Crippen molar-refractivity contribution >= 4 is 11.6 Å². The molecular formula is C13H22N4O. The highest BCUT2D eigenvalue weighted by Crippen LogP contribution is 2.33. The summed E-state index contributed by atoms with van der Waals surface area (Å²) in [5, 5.41) is 6.39. The second-order valence-electron chi connectivity index (χ2n) is 4.75. The van der Waals surface area contributed by atoms with Crippen LogP contribution >= 0.6 is 0 Å². The lowest BCUT2D eigenvalue weighted by atomic mass is 10.2. The van der Waals surface area contributed by atoms with Gasteiger partial charge in [-0.15, -0.1) is 0 Å². The highest BCUT2D eigenvalue weighted by Gasteiger charge is 2.19. The predicted octanol–water partition coefficient (Wildman–Crippen LogP) is 2.27. The zero-order chi connectivity index (χ0) is 12.8. The summed E-state index contributed by atoms with van der Waals surface area (Å²) in [5.74, 6) is 3.39. The van der Waals surface area contributed by atoms with Gasteiger partial charge >= 0.3 is 0 Å². The number of hydrogen-bond acceptors (Lipinski definition) is 5. The summed E-state index contributed by atoms with van der Waals surface area (Å²) in [7, 11) is 3.51. The Morgan fingerprint density at radius 2 is 2.11 bits per heavy atom. The van der Waals surface area contributed by atoms with Crippen LogP contribution < -0.4 is 10.6 Å². The molecule has 0 saturated heterocycles. The quantitative estimate of drug-likeness (QED) is 0.693. The van der Waals surface area contributed by atoms with Crippen LogP contribution in [0, 0.1) is 5.92 Å². The molecule has 0 radical (unpaired) electrons. The van der Waals surface area contributed by atoms with E-state index in [1.807, 2.05) is 13.1 Å². The van der Waals surface area contributed by atoms with Crippen molar-refractivity contribution in [1.29, 1.82) is 0 Å². The first-order valence-electron chi connectivity index (χ1n) is 6.60. The van der Waals surface area contributed by atoms with Gasteiger partial charge in [0.25, 0.3) is 0 Å². The molecule has 0 amide bonds. The molecule has 1 aromatic rings. The number of nitrogens with one attached hydrogen (secondary N) is 2. The Balaban J connectivity index is 1.85. The maximum absolute atomic E-state index is 5.07. The molecule has 0 atom stereocenters. The molecule has 2 rings (SSSR count). The maximum Gasteiger partial charge on any atom is 0.158 e. The van der Waals surface area contributed by atoms with Crippen LogP contribution in [0.4, 0.5) is 11.6 Å². The number of rotatable bonds is 8. The average molecular weight is 250 g/mol. The number of anilines is 2. The van der Waals surface area contributed by atoms with E-state index in [0.717, 1.165) is 24.1 Å². The monoisotopic (exact) mass is 250 g/mol. The summed E-state index contributed by atoms with van der Waals surface area (Å²) in [6.07, 6.45) is 5.40. The van der Waals surface area contributed by atoms with Crippen LogP contribution in [-0.2, 0) is 11.3 Å². The molecule has 5 heteroatoms. The van der Waals surface area contributed by atoms with Crippen LogP contribution in [0.15, 0.2) is 6.07 Å². The normalized spacial score (nSPS) is 14.6. The first kappa shape index (κ1) is 13.1. The van der Waals surface area contributed by atoms with Crippen molar-refractivity contribution in [2.75, 3.05) is 31.3 Å². The number of ether oxygens (including phenoxy) is 1. The Labute approximate surface area is 108 Å². The van der Waals surface area contributed by atoms with Gasteiger partial charge in [-0.05, 0) is 18.8 Å². The zero-order valence-electron chi connectivity index (χ0n) is 11.2. The lowest BCUT2D eigenvalue weighted by Gasteiger charge is -2.09. The molecule has 5 nitrogen and oxygen atoms in total. The molecule has 0 spiro atoms. The van der Waals surface area contributed by atoms with Crippen LogP contribution in [0.5, 0.6) is 0 Å². The fraction of sp³-hybridized carbons (Fsp3) is 0.692. The molecule has 100 valence electrons. The van der Waals surface area contributed by atoms with Crippen molar-refractivity contribution in [2.45, 2.75) is 32.3 Å². The van der Waals surface area contributed by atoms with Gasteiger partial charge < -0.3 is 15.4 Å². The summed E-state index contributed by atoms with van der Waals surface area (Å²) in [4.78, 5) is 8.74. The number of nitrogens with zero attached hydrogens (tertiary/aromatic N) is 2. The molecule has 0 aromatic carbocycles. The molecule has 2 N–H and O–H groups in total. The van der Waals surface area contributed by atoms with Crippen molar-refractivity contribution < 1.29 is 4.74 Å². The fourth-order valence-electron chi connectivity index (χ4n) is 1.92. The smallest absolute Gasteiger partial charge is 0.158 e. The highest BCUT2D eigenvalue weighted by molar-refractivity contribution is 5.47. The van der Waals surface area contributed by atoms with E-state index < -0.39 is 0 Å². The van der Waals surface area contributed by atoms with Crippen LogP contribution in [0.25, 0.3) is 0 Å². The number of hydrogen-bond donors (Lipinski definition) is 2. The van der Waals surface area contributed by atoms with Gasteiger partial charge in [-0.25, -0.2) is 9.97 Å². The molecule has 1 saturated carbocycles. The Hall–Kier alpha value is -1.36. The van der Waals surface area contributed by atoms with E-state index >= 15 is 0 Å². The highest BCUT2D eigenvalue weighted by atomic mass is 16.5. The van der Waals surface area contributed by atoms with Crippen LogP contribution in [0.3, 0.4) is 0 Å². The van der Waals surface area contributed by atoms with Gasteiger partial charge in [-0.3, -0.25) is 0 Å². The molecule has 1 fully saturated rings. The molecule has 1 aromatic heterocycles. The van der Waals surface area contributed by atoms with Crippen molar-refractivity contribution in [2.24, 2.45) is 5.92 Å². The largest absolute Gasteiger partial charge is 0.377 e. The SMILES string of the molecule is CNc1cc(NCCCC2CC2)nc(COC)n1. The molecule has 0 bridgehead atoms. The van der Waals surface area contributed by atoms with Gasteiger partial charge in [0.05, 0.1) is 0 Å². The minimum Gasteiger partial charge on any atom is -0.377 e. The molecule has 1 aliphatic rings. The number of aromatic nitrogens is 2. The van der Waals surface area contributed by atoms with E-state index in [2.05, 4.69) is 20.6 Å². The lowest BCUT2D eigenvalue weighted by molar-refractivity contribution is 0.178. The Morgan fingerprint density at radius 1 is 1.33 bits per heavy atom. The van der Waals surface area contributed by atoms with Crippen LogP contribution in [0.2, 0.25) is 0 Å². The molecule has 1 heterocycles. The Bertz CT molecular complexity index is 379. The molecule has 0 aliphatic heterocycles. The van der Waals surface area contributed by atoms with Crippen LogP contribution in [-0.4, -0.2) is 30.7 Å². The first-order chi connectivity index (χ1) is 8.81. The first-order valence-corrected chi connectivity index (χ1v) is 6.60. The molecule has 1 aliphatic carbocycles. The van der Waals surface area contributed by atoms with Crippen molar-refractivity contribution in [3.05, 3.63) is 11.9 Å². The van der Waals surface area contributed by atoms with E-state index in [1.54, 1.807) is 7.11 Å². The predicted molar refractivity (Wildman–Crippen MR) is 72.7 cm³/mol. The van der Waals surface area contributed by atoms with Gasteiger partial charge in [0, 0.05) is 26.8 Å². The summed E-state index contributed by atoms with van der Waals surface area (Å²) >= 11 is 0. The molecular weight excluding hydrogens is 228 g/mol. The average Bonchev–Trinajstić information content (AvgIpc) is 3.19. The van der Waals surface area contributed by atoms with Gasteiger partial charge in [-0.2, -0.15) is 0 Å². The second kappa shape index (κ2) is 6.54. The third kappa shape index (κ3) is 4.14. The zero-order valence-corrected chi connectivity index (χ0v) is 11.2. The minimum absolute atomic E-state index is 0.437. The van der Waals surface area contributed by atoms with Crippen molar-refractivity contribution in [1.82, 2.24) is 9.97 Å². The summed E-state index contributed by atoms with van der Waals surface area (Å²) < 4.78 is 5.07. The maximum atomic E-state index is 5.07. The molecule has 0 unspecified atom stereocenters. The van der Waals surface area contributed by atoms with Crippen molar-refractivity contribution in [3.63, 3.8) is 0 Å². The van der Waals surface area contributed by atoms with Gasteiger partial charge in [0.2, 0.25) is 0 Å². The van der Waals surface area contributed by atoms with Crippen molar-refractivity contribution in [3.8, 4) is 0 Å². The topological polar surface area (TPSA) is 59.1 Å².